The predicted octanol–water partition coefficient (Wildman–Crippen LogP) is 8.55. The molecule has 0 radical (unpaired) electrons. The van der Waals surface area contributed by atoms with Gasteiger partial charge in [-0.1, -0.05) is 62.4 Å². The molecule has 1 fully saturated rings. The van der Waals surface area contributed by atoms with Gasteiger partial charge >= 0.3 is 5.97 Å². The van der Waals surface area contributed by atoms with E-state index in [1.54, 1.807) is 6.07 Å². The van der Waals surface area contributed by atoms with Crippen molar-refractivity contribution < 1.29 is 33.2 Å². The van der Waals surface area contributed by atoms with Crippen molar-refractivity contribution in [3.05, 3.63) is 105 Å². The van der Waals surface area contributed by atoms with E-state index >= 15 is 4.39 Å². The van der Waals surface area contributed by atoms with E-state index in [4.69, 9.17) is 23.9 Å². The smallest absolute Gasteiger partial charge is 0.339 e. The lowest BCUT2D eigenvalue weighted by atomic mass is 9.92. The molecule has 0 bridgehead atoms. The van der Waals surface area contributed by atoms with Crippen molar-refractivity contribution in [2.75, 3.05) is 44.9 Å². The number of halogens is 2. The summed E-state index contributed by atoms with van der Waals surface area (Å²) < 4.78 is 40.7. The van der Waals surface area contributed by atoms with Gasteiger partial charge in [-0.2, -0.15) is 0 Å². The molecule has 0 saturated carbocycles. The van der Waals surface area contributed by atoms with E-state index in [2.05, 4.69) is 25.7 Å². The number of imidazole rings is 1. The maximum Gasteiger partial charge on any atom is 0.339 e. The molecule has 3 heterocycles. The molecule has 11 heteroatoms. The molecule has 5 aromatic rings. The number of nitrogens with zero attached hydrogens (tertiary/aromatic N) is 3. The molecule has 0 unspecified atom stereocenters. The van der Waals surface area contributed by atoms with Crippen molar-refractivity contribution in [1.82, 2.24) is 9.38 Å². The number of anilines is 1. The highest BCUT2D eigenvalue weighted by Gasteiger charge is 2.35. The fourth-order valence-electron chi connectivity index (χ4n) is 6.73. The maximum absolute atomic E-state index is 15.0. The summed E-state index contributed by atoms with van der Waals surface area (Å²) in [5.74, 6) is 0.674. The Labute approximate surface area is 324 Å². The highest BCUT2D eigenvalue weighted by molar-refractivity contribution is 14.1. The topological polar surface area (TPSA) is 94.8 Å². The summed E-state index contributed by atoms with van der Waals surface area (Å²) in [6, 6.07) is 22.8. The fraction of sp³-hybridized carbons (Fsp3) is 0.381. The van der Waals surface area contributed by atoms with Crippen LogP contribution in [-0.4, -0.2) is 66.1 Å². The van der Waals surface area contributed by atoms with Gasteiger partial charge in [0, 0.05) is 42.6 Å². The minimum Gasteiger partial charge on any atom is -0.488 e. The lowest BCUT2D eigenvalue weighted by Crippen LogP contribution is -2.45. The number of fused-ring (bicyclic) bond motifs is 1. The van der Waals surface area contributed by atoms with Crippen LogP contribution in [0.3, 0.4) is 0 Å². The van der Waals surface area contributed by atoms with Crippen LogP contribution >= 0.6 is 22.6 Å². The Hall–Kier alpha value is -4.04. The molecule has 0 aliphatic carbocycles. The second kappa shape index (κ2) is 17.0. The first-order chi connectivity index (χ1) is 25.5. The number of ether oxygens (including phenoxy) is 4. The van der Waals surface area contributed by atoms with Gasteiger partial charge in [-0.25, -0.2) is 14.2 Å². The largest absolute Gasteiger partial charge is 0.488 e. The monoisotopic (exact) mass is 835 g/mol. The second-order valence-corrected chi connectivity index (χ2v) is 15.4. The standard InChI is InChI=1S/C42H47FIN3O6/c1-27(2)25-51-18-19-53-42(4)14-16-46(17-15-42)40-38(39(48)41(49)50-5)28(3)20-37-45-35(24-47(37)40)31-13-9-12-30(21-31)32-22-33(43)34(44)23-36(32)52-26-29-10-7-6-8-11-29/h6-13,20-24,27,39,48H,14-19,25-26H2,1-5H3/t39-/m0/s1. The summed E-state index contributed by atoms with van der Waals surface area (Å²) in [6.07, 6.45) is 1.92. The third kappa shape index (κ3) is 9.02. The zero-order valence-corrected chi connectivity index (χ0v) is 33.1. The molecular formula is C42H47FIN3O6. The van der Waals surface area contributed by atoms with E-state index < -0.39 is 12.1 Å². The molecule has 0 amide bonds. The Morgan fingerprint density at radius 2 is 1.75 bits per heavy atom. The van der Waals surface area contributed by atoms with Gasteiger partial charge < -0.3 is 29.0 Å². The molecule has 0 spiro atoms. The minimum atomic E-state index is -1.48. The molecule has 9 nitrogen and oxygen atoms in total. The quantitative estimate of drug-likeness (QED) is 0.0676. The molecule has 53 heavy (non-hydrogen) atoms. The summed E-state index contributed by atoms with van der Waals surface area (Å²) in [7, 11) is 1.27. The third-order valence-corrected chi connectivity index (χ3v) is 10.5. The van der Waals surface area contributed by atoms with E-state index in [1.807, 2.05) is 101 Å². The number of pyridine rings is 1. The zero-order chi connectivity index (χ0) is 37.7. The molecule has 1 saturated heterocycles. The molecular weight excluding hydrogens is 788 g/mol. The van der Waals surface area contributed by atoms with Gasteiger partial charge in [-0.05, 0) is 96.2 Å². The number of aliphatic hydroxyl groups excluding tert-OH is 1. The predicted molar refractivity (Wildman–Crippen MR) is 213 cm³/mol. The third-order valence-electron chi connectivity index (χ3n) is 9.65. The lowest BCUT2D eigenvalue weighted by molar-refractivity contribution is -0.150. The van der Waals surface area contributed by atoms with E-state index in [-0.39, 0.29) is 11.4 Å². The Morgan fingerprint density at radius 1 is 1.02 bits per heavy atom. The lowest BCUT2D eigenvalue weighted by Gasteiger charge is -2.41. The first-order valence-electron chi connectivity index (χ1n) is 18.0. The average Bonchev–Trinajstić information content (AvgIpc) is 3.58. The van der Waals surface area contributed by atoms with Gasteiger partial charge in [0.2, 0.25) is 0 Å². The van der Waals surface area contributed by atoms with Crippen LogP contribution in [0, 0.1) is 22.2 Å². The number of rotatable bonds is 14. The number of benzene rings is 3. The summed E-state index contributed by atoms with van der Waals surface area (Å²) in [5, 5.41) is 11.3. The zero-order valence-electron chi connectivity index (χ0n) is 30.9. The highest BCUT2D eigenvalue weighted by atomic mass is 127. The SMILES string of the molecule is COC(=O)[C@@H](O)c1c(C)cc2nc(-c3cccc(-c4cc(F)c(I)cc4OCc4ccccc4)c3)cn2c1N1CCC(C)(OCCOCC(C)C)CC1. The maximum atomic E-state index is 15.0. The minimum absolute atomic E-state index is 0.329. The molecule has 2 aromatic heterocycles. The summed E-state index contributed by atoms with van der Waals surface area (Å²) in [6.45, 7) is 11.6. The van der Waals surface area contributed by atoms with Crippen LogP contribution in [0.1, 0.15) is 56.4 Å². The van der Waals surface area contributed by atoms with Gasteiger partial charge in [0.05, 0.1) is 35.2 Å². The number of aryl methyl sites for hydroxylation is 1. The molecule has 1 aliphatic heterocycles. The number of piperidine rings is 1. The molecule has 1 N–H and O–H groups in total. The number of carbonyl (C=O) groups excluding carboxylic acids is 1. The normalized spacial score (nSPS) is 14.8. The van der Waals surface area contributed by atoms with Crippen molar-refractivity contribution in [2.45, 2.75) is 58.8 Å². The Balaban J connectivity index is 1.33. The van der Waals surface area contributed by atoms with Crippen molar-refractivity contribution >= 4 is 40.0 Å². The van der Waals surface area contributed by atoms with Crippen molar-refractivity contribution in [3.63, 3.8) is 0 Å². The molecule has 6 rings (SSSR count). The Bertz CT molecular complexity index is 2040. The van der Waals surface area contributed by atoms with E-state index in [9.17, 15) is 9.90 Å². The summed E-state index contributed by atoms with van der Waals surface area (Å²) in [5.41, 5.74) is 5.45. The van der Waals surface area contributed by atoms with Crippen LogP contribution in [0.5, 0.6) is 5.75 Å². The molecule has 1 aliphatic rings. The molecule has 280 valence electrons. The average molecular weight is 836 g/mol. The van der Waals surface area contributed by atoms with E-state index in [0.717, 1.165) is 35.1 Å². The molecule has 3 aromatic carbocycles. The summed E-state index contributed by atoms with van der Waals surface area (Å²) in [4.78, 5) is 20.0. The van der Waals surface area contributed by atoms with Gasteiger partial charge in [0.1, 0.15) is 29.6 Å². The van der Waals surface area contributed by atoms with Crippen LogP contribution in [0.2, 0.25) is 0 Å². The number of hydrogen-bond donors (Lipinski definition) is 1. The van der Waals surface area contributed by atoms with Crippen molar-refractivity contribution in [3.8, 4) is 28.1 Å². The van der Waals surface area contributed by atoms with Crippen LogP contribution in [0.15, 0.2) is 79.0 Å². The van der Waals surface area contributed by atoms with Crippen LogP contribution in [-0.2, 0) is 25.6 Å². The second-order valence-electron chi connectivity index (χ2n) is 14.2. The van der Waals surface area contributed by atoms with E-state index in [1.165, 1.54) is 13.2 Å². The van der Waals surface area contributed by atoms with Crippen LogP contribution in [0.25, 0.3) is 28.0 Å². The number of carbonyl (C=O) groups is 1. The number of aromatic nitrogens is 2. The number of aliphatic hydroxyl groups is 1. The number of hydrogen-bond acceptors (Lipinski definition) is 8. The first-order valence-corrected chi connectivity index (χ1v) is 19.1. The first kappa shape index (κ1) is 38.7. The number of methoxy groups -OCH3 is 1. The Kier molecular flexibility index (Phi) is 12.4. The van der Waals surface area contributed by atoms with Gasteiger partial charge in [-0.15, -0.1) is 0 Å². The van der Waals surface area contributed by atoms with Gasteiger partial charge in [0.15, 0.2) is 6.10 Å². The van der Waals surface area contributed by atoms with Crippen molar-refractivity contribution in [1.29, 1.82) is 0 Å². The van der Waals surface area contributed by atoms with Gasteiger partial charge in [-0.3, -0.25) is 4.40 Å². The Morgan fingerprint density at radius 3 is 2.47 bits per heavy atom. The van der Waals surface area contributed by atoms with Crippen molar-refractivity contribution in [2.24, 2.45) is 5.92 Å². The van der Waals surface area contributed by atoms with E-state index in [0.29, 0.717) is 83.0 Å². The highest BCUT2D eigenvalue weighted by Crippen LogP contribution is 2.39. The number of esters is 1. The summed E-state index contributed by atoms with van der Waals surface area (Å²) >= 11 is 1.98. The van der Waals surface area contributed by atoms with Crippen LogP contribution in [0.4, 0.5) is 10.2 Å². The van der Waals surface area contributed by atoms with Crippen LogP contribution < -0.4 is 9.64 Å². The molecule has 1 atom stereocenters. The van der Waals surface area contributed by atoms with Gasteiger partial charge in [0.25, 0.3) is 0 Å². The fourth-order valence-corrected chi connectivity index (χ4v) is 7.17.